The van der Waals surface area contributed by atoms with Gasteiger partial charge < -0.3 is 28.0 Å². The maximum Gasteiger partial charge on any atom is 0.115 e. The topological polar surface area (TPSA) is 124 Å². The van der Waals surface area contributed by atoms with Crippen molar-refractivity contribution in [2.24, 2.45) is 5.92 Å². The van der Waals surface area contributed by atoms with Crippen LogP contribution in [0.4, 0.5) is 22.7 Å². The molecule has 0 aliphatic heterocycles. The van der Waals surface area contributed by atoms with Crippen LogP contribution in [0.1, 0.15) is 44.1 Å². The number of hydrogen-bond acceptors (Lipinski definition) is 5. The predicted octanol–water partition coefficient (Wildman–Crippen LogP) is 5.35. The fourth-order valence-corrected chi connectivity index (χ4v) is 4.58. The molecule has 0 aromatic heterocycles. The third kappa shape index (κ3) is 3.52. The molecule has 5 nitrogen and oxygen atoms in total. The van der Waals surface area contributed by atoms with E-state index in [0.29, 0.717) is 28.7 Å². The van der Waals surface area contributed by atoms with Gasteiger partial charge in [0.25, 0.3) is 0 Å². The summed E-state index contributed by atoms with van der Waals surface area (Å²) in [6, 6.07) is 14.9. The largest absolute Gasteiger partial charge is 0.508 e. The van der Waals surface area contributed by atoms with Crippen LogP contribution in [0, 0.1) is 5.92 Å². The van der Waals surface area contributed by atoms with Crippen LogP contribution < -0.4 is 22.9 Å². The van der Waals surface area contributed by atoms with Crippen molar-refractivity contribution >= 4 is 22.7 Å². The van der Waals surface area contributed by atoms with E-state index in [2.05, 4.69) is 13.0 Å². The maximum absolute atomic E-state index is 9.52. The second-order valence-corrected chi connectivity index (χ2v) is 8.52. The van der Waals surface area contributed by atoms with Crippen LogP contribution in [0.25, 0.3) is 22.3 Å². The Morgan fingerprint density at radius 3 is 1.77 bits per heavy atom. The van der Waals surface area contributed by atoms with E-state index in [-0.39, 0.29) is 5.75 Å². The Morgan fingerprint density at radius 1 is 0.633 bits per heavy atom. The summed E-state index contributed by atoms with van der Waals surface area (Å²) >= 11 is 0. The smallest absolute Gasteiger partial charge is 0.115 e. The third-order valence-electron chi connectivity index (χ3n) is 6.53. The Labute approximate surface area is 177 Å². The number of phenolic OH excluding ortho intramolecular Hbond substituents is 1. The number of hydrogen-bond donors (Lipinski definition) is 5. The van der Waals surface area contributed by atoms with Crippen molar-refractivity contribution in [2.75, 3.05) is 22.9 Å². The van der Waals surface area contributed by atoms with Crippen LogP contribution in [0.5, 0.6) is 5.75 Å². The second-order valence-electron chi connectivity index (χ2n) is 8.52. The summed E-state index contributed by atoms with van der Waals surface area (Å²) in [5, 5.41) is 9.52. The number of anilines is 4. The van der Waals surface area contributed by atoms with Gasteiger partial charge in [0, 0.05) is 16.7 Å². The van der Waals surface area contributed by atoms with Gasteiger partial charge in [-0.05, 0) is 47.9 Å². The Bertz CT molecular complexity index is 1070. The van der Waals surface area contributed by atoms with Crippen molar-refractivity contribution in [1.29, 1.82) is 0 Å². The zero-order chi connectivity index (χ0) is 21.4. The zero-order valence-corrected chi connectivity index (χ0v) is 17.4. The summed E-state index contributed by atoms with van der Waals surface area (Å²) in [7, 11) is 0. The van der Waals surface area contributed by atoms with E-state index in [9.17, 15) is 5.11 Å². The maximum atomic E-state index is 9.52. The monoisotopic (exact) mass is 402 g/mol. The Kier molecular flexibility index (Phi) is 5.20. The molecule has 0 spiro atoms. The molecule has 4 rings (SSSR count). The van der Waals surface area contributed by atoms with E-state index < -0.39 is 0 Å². The highest BCUT2D eigenvalue weighted by Crippen LogP contribution is 2.45. The molecule has 0 saturated heterocycles. The highest BCUT2D eigenvalue weighted by molar-refractivity contribution is 5.98. The minimum Gasteiger partial charge on any atom is -0.508 e. The molecular formula is C25H30N4O. The average molecular weight is 403 g/mol. The molecular weight excluding hydrogens is 372 g/mol. The van der Waals surface area contributed by atoms with Crippen LogP contribution >= 0.6 is 0 Å². The van der Waals surface area contributed by atoms with E-state index in [4.69, 9.17) is 22.9 Å². The van der Waals surface area contributed by atoms with Crippen molar-refractivity contribution in [2.45, 2.75) is 38.5 Å². The first-order chi connectivity index (χ1) is 14.4. The molecule has 1 fully saturated rings. The fraction of sp³-hybridized carbons (Fsp3) is 0.280. The van der Waals surface area contributed by atoms with E-state index >= 15 is 0 Å². The number of aromatic hydroxyl groups is 1. The molecule has 1 aliphatic carbocycles. The summed E-state index contributed by atoms with van der Waals surface area (Å²) in [5.74, 6) is 1.46. The summed E-state index contributed by atoms with van der Waals surface area (Å²) in [6.45, 7) is 2.31. The molecule has 156 valence electrons. The molecule has 0 radical (unpaired) electrons. The lowest BCUT2D eigenvalue weighted by molar-refractivity contribution is 0.348. The van der Waals surface area contributed by atoms with E-state index in [1.807, 2.05) is 30.3 Å². The van der Waals surface area contributed by atoms with Crippen LogP contribution in [0.3, 0.4) is 0 Å². The first-order valence-electron chi connectivity index (χ1n) is 10.5. The SMILES string of the molecule is CC1CCC(c2ccc(-c3ccc(-c4ccc(O)cc4)c(N)c3N)c(N)c2N)CC1. The van der Waals surface area contributed by atoms with Gasteiger partial charge in [0.05, 0.1) is 22.7 Å². The van der Waals surface area contributed by atoms with Gasteiger partial charge in [-0.2, -0.15) is 0 Å². The molecule has 0 unspecified atom stereocenters. The molecule has 30 heavy (non-hydrogen) atoms. The number of nitrogen functional groups attached to an aromatic ring is 4. The molecule has 0 bridgehead atoms. The second kappa shape index (κ2) is 7.82. The molecule has 9 N–H and O–H groups in total. The van der Waals surface area contributed by atoms with Gasteiger partial charge >= 0.3 is 0 Å². The molecule has 0 amide bonds. The van der Waals surface area contributed by atoms with Crippen molar-refractivity contribution in [3.05, 3.63) is 54.1 Å². The highest BCUT2D eigenvalue weighted by Gasteiger charge is 2.23. The lowest BCUT2D eigenvalue weighted by atomic mass is 9.78. The first kappa shape index (κ1) is 20.0. The minimum atomic E-state index is 0.206. The zero-order valence-electron chi connectivity index (χ0n) is 17.4. The van der Waals surface area contributed by atoms with Gasteiger partial charge in [-0.15, -0.1) is 0 Å². The van der Waals surface area contributed by atoms with Crippen molar-refractivity contribution in [3.8, 4) is 28.0 Å². The van der Waals surface area contributed by atoms with Gasteiger partial charge in [0.2, 0.25) is 0 Å². The number of rotatable bonds is 3. The normalized spacial score (nSPS) is 19.0. The van der Waals surface area contributed by atoms with E-state index in [1.165, 1.54) is 12.8 Å². The molecule has 1 saturated carbocycles. The van der Waals surface area contributed by atoms with Crippen LogP contribution in [-0.2, 0) is 0 Å². The van der Waals surface area contributed by atoms with Gasteiger partial charge in [0.1, 0.15) is 5.75 Å². The lowest BCUT2D eigenvalue weighted by Gasteiger charge is -2.28. The summed E-state index contributed by atoms with van der Waals surface area (Å²) < 4.78 is 0. The number of nitrogens with two attached hydrogens (primary N) is 4. The third-order valence-corrected chi connectivity index (χ3v) is 6.53. The number of benzene rings is 3. The van der Waals surface area contributed by atoms with Crippen molar-refractivity contribution in [1.82, 2.24) is 0 Å². The minimum absolute atomic E-state index is 0.206. The molecule has 5 heteroatoms. The first-order valence-corrected chi connectivity index (χ1v) is 10.5. The summed E-state index contributed by atoms with van der Waals surface area (Å²) in [4.78, 5) is 0. The van der Waals surface area contributed by atoms with Crippen molar-refractivity contribution in [3.63, 3.8) is 0 Å². The van der Waals surface area contributed by atoms with E-state index in [1.54, 1.807) is 12.1 Å². The van der Waals surface area contributed by atoms with Gasteiger partial charge in [-0.25, -0.2) is 0 Å². The summed E-state index contributed by atoms with van der Waals surface area (Å²) in [6.07, 6.45) is 4.77. The quantitative estimate of drug-likeness (QED) is 0.378. The molecule has 3 aromatic rings. The fourth-order valence-electron chi connectivity index (χ4n) is 4.58. The van der Waals surface area contributed by atoms with Gasteiger partial charge in [-0.3, -0.25) is 0 Å². The molecule has 0 heterocycles. The average Bonchev–Trinajstić information content (AvgIpc) is 2.74. The predicted molar refractivity (Wildman–Crippen MR) is 127 cm³/mol. The Hall–Kier alpha value is -3.34. The van der Waals surface area contributed by atoms with Gasteiger partial charge in [-0.1, -0.05) is 56.2 Å². The highest BCUT2D eigenvalue weighted by atomic mass is 16.3. The number of phenols is 1. The lowest BCUT2D eigenvalue weighted by Crippen LogP contribution is -2.13. The Morgan fingerprint density at radius 2 is 1.13 bits per heavy atom. The molecule has 1 aliphatic rings. The Balaban J connectivity index is 1.71. The molecule has 0 atom stereocenters. The summed E-state index contributed by atoms with van der Waals surface area (Å²) in [5.41, 5.74) is 32.4. The molecule has 3 aromatic carbocycles. The van der Waals surface area contributed by atoms with Crippen molar-refractivity contribution < 1.29 is 5.11 Å². The van der Waals surface area contributed by atoms with Crippen LogP contribution in [0.2, 0.25) is 0 Å². The van der Waals surface area contributed by atoms with Gasteiger partial charge in [0.15, 0.2) is 0 Å². The van der Waals surface area contributed by atoms with Crippen LogP contribution in [-0.4, -0.2) is 5.11 Å². The van der Waals surface area contributed by atoms with E-state index in [0.717, 1.165) is 46.6 Å². The van der Waals surface area contributed by atoms with Crippen LogP contribution in [0.15, 0.2) is 48.5 Å². The standard InChI is InChI=1S/C25H30N4O/c1-14-2-4-15(5-3-14)18-10-12-20(24(28)22(18)26)21-13-11-19(23(27)25(21)29)16-6-8-17(30)9-7-16/h6-15,30H,2-5,26-29H2,1H3.